The molecule has 0 saturated heterocycles. The lowest BCUT2D eigenvalue weighted by molar-refractivity contribution is -0.384. The van der Waals surface area contributed by atoms with Gasteiger partial charge in [0.05, 0.1) is 21.1 Å². The molecule has 30 heavy (non-hydrogen) atoms. The number of halogens is 1. The summed E-state index contributed by atoms with van der Waals surface area (Å²) in [5.74, 6) is -0.920. The third-order valence-corrected chi connectivity index (χ3v) is 5.80. The average molecular weight is 437 g/mol. The van der Waals surface area contributed by atoms with E-state index in [0.717, 1.165) is 21.6 Å². The van der Waals surface area contributed by atoms with Gasteiger partial charge in [-0.2, -0.15) is 0 Å². The summed E-state index contributed by atoms with van der Waals surface area (Å²) in [5, 5.41) is 11.5. The largest absolute Gasteiger partial charge is 0.272 e. The van der Waals surface area contributed by atoms with Crippen LogP contribution in [0.3, 0.4) is 0 Å². The zero-order chi connectivity index (χ0) is 21.3. The van der Waals surface area contributed by atoms with Crippen molar-refractivity contribution in [2.24, 2.45) is 0 Å². The molecule has 2 amide bonds. The molecule has 0 unspecified atom stereocenters. The van der Waals surface area contributed by atoms with E-state index in [9.17, 15) is 19.7 Å². The Hall–Kier alpha value is -3.42. The van der Waals surface area contributed by atoms with Crippen LogP contribution in [0.25, 0.3) is 5.57 Å². The van der Waals surface area contributed by atoms with Crippen molar-refractivity contribution in [1.82, 2.24) is 0 Å². The quantitative estimate of drug-likeness (QED) is 0.307. The van der Waals surface area contributed by atoms with Crippen molar-refractivity contribution in [2.75, 3.05) is 4.90 Å². The summed E-state index contributed by atoms with van der Waals surface area (Å²) in [4.78, 5) is 39.1. The Bertz CT molecular complexity index is 1180. The molecule has 3 aromatic rings. The number of hydrogen-bond acceptors (Lipinski definition) is 5. The number of nitro groups is 1. The van der Waals surface area contributed by atoms with Gasteiger partial charge in [-0.1, -0.05) is 41.6 Å². The van der Waals surface area contributed by atoms with Gasteiger partial charge >= 0.3 is 0 Å². The number of non-ortho nitro benzene ring substituents is 1. The number of nitrogens with zero attached hydrogens (tertiary/aromatic N) is 2. The van der Waals surface area contributed by atoms with Crippen molar-refractivity contribution >= 4 is 52.1 Å². The van der Waals surface area contributed by atoms with Gasteiger partial charge < -0.3 is 0 Å². The van der Waals surface area contributed by atoms with E-state index in [4.69, 9.17) is 11.6 Å². The molecule has 1 aliphatic rings. The summed E-state index contributed by atoms with van der Waals surface area (Å²) in [6, 6.07) is 21.2. The Morgan fingerprint density at radius 2 is 1.47 bits per heavy atom. The molecular weight excluding hydrogens is 424 g/mol. The minimum absolute atomic E-state index is 0.0945. The van der Waals surface area contributed by atoms with Gasteiger partial charge in [-0.05, 0) is 54.1 Å². The lowest BCUT2D eigenvalue weighted by atomic mass is 10.1. The highest BCUT2D eigenvalue weighted by atomic mass is 35.5. The van der Waals surface area contributed by atoms with Crippen LogP contribution in [-0.2, 0) is 9.59 Å². The first-order chi connectivity index (χ1) is 14.5. The fourth-order valence-electron chi connectivity index (χ4n) is 3.04. The highest BCUT2D eigenvalue weighted by Crippen LogP contribution is 2.41. The number of rotatable bonds is 5. The number of carbonyl (C=O) groups excluding carboxylic acids is 2. The molecule has 0 aliphatic carbocycles. The number of para-hydroxylation sites is 1. The Morgan fingerprint density at radius 1 is 0.833 bits per heavy atom. The molecule has 0 N–H and O–H groups in total. The van der Waals surface area contributed by atoms with Crippen molar-refractivity contribution < 1.29 is 14.5 Å². The van der Waals surface area contributed by atoms with Gasteiger partial charge in [-0.15, -0.1) is 0 Å². The fourth-order valence-corrected chi connectivity index (χ4v) is 4.16. The number of benzene rings is 3. The van der Waals surface area contributed by atoms with E-state index in [1.54, 1.807) is 54.6 Å². The van der Waals surface area contributed by atoms with Gasteiger partial charge in [-0.3, -0.25) is 19.7 Å². The molecule has 1 aliphatic heterocycles. The fraction of sp³-hybridized carbons (Fsp3) is 0. The third-order valence-electron chi connectivity index (χ3n) is 4.46. The third kappa shape index (κ3) is 3.72. The normalized spacial score (nSPS) is 13.8. The molecule has 0 saturated carbocycles. The highest BCUT2D eigenvalue weighted by molar-refractivity contribution is 8.04. The van der Waals surface area contributed by atoms with E-state index in [-0.39, 0.29) is 16.2 Å². The van der Waals surface area contributed by atoms with E-state index < -0.39 is 16.7 Å². The van der Waals surface area contributed by atoms with Gasteiger partial charge in [0, 0.05) is 22.1 Å². The van der Waals surface area contributed by atoms with Gasteiger partial charge in [0.15, 0.2) is 0 Å². The first-order valence-corrected chi connectivity index (χ1v) is 10.0. The number of nitro benzene ring substituents is 1. The second-order valence-corrected chi connectivity index (χ2v) is 7.87. The maximum absolute atomic E-state index is 13.3. The zero-order valence-electron chi connectivity index (χ0n) is 15.3. The maximum atomic E-state index is 13.3. The number of thioether (sulfide) groups is 1. The second kappa shape index (κ2) is 8.14. The van der Waals surface area contributed by atoms with Gasteiger partial charge in [0.25, 0.3) is 17.5 Å². The number of imide groups is 1. The van der Waals surface area contributed by atoms with E-state index in [1.807, 2.05) is 0 Å². The van der Waals surface area contributed by atoms with Crippen LogP contribution in [0.2, 0.25) is 5.02 Å². The van der Waals surface area contributed by atoms with Gasteiger partial charge in [0.2, 0.25) is 0 Å². The molecule has 8 heteroatoms. The topological polar surface area (TPSA) is 80.5 Å². The number of hydrogen-bond donors (Lipinski definition) is 0. The number of carbonyl (C=O) groups is 2. The number of anilines is 1. The minimum Gasteiger partial charge on any atom is -0.268 e. The van der Waals surface area contributed by atoms with Crippen LogP contribution in [0.1, 0.15) is 5.56 Å². The van der Waals surface area contributed by atoms with Gasteiger partial charge in [-0.25, -0.2) is 4.90 Å². The van der Waals surface area contributed by atoms with Crippen molar-refractivity contribution in [3.05, 3.63) is 104 Å². The Balaban J connectivity index is 1.81. The van der Waals surface area contributed by atoms with Crippen molar-refractivity contribution in [3.63, 3.8) is 0 Å². The molecule has 1 heterocycles. The van der Waals surface area contributed by atoms with E-state index in [1.165, 1.54) is 24.3 Å². The van der Waals surface area contributed by atoms with Crippen LogP contribution in [0.5, 0.6) is 0 Å². The number of amides is 2. The van der Waals surface area contributed by atoms with Crippen LogP contribution < -0.4 is 4.90 Å². The molecule has 6 nitrogen and oxygen atoms in total. The van der Waals surface area contributed by atoms with Crippen LogP contribution in [0, 0.1) is 10.1 Å². The summed E-state index contributed by atoms with van der Waals surface area (Å²) in [6.07, 6.45) is 0. The van der Waals surface area contributed by atoms with Crippen LogP contribution >= 0.6 is 23.4 Å². The second-order valence-electron chi connectivity index (χ2n) is 6.35. The summed E-state index contributed by atoms with van der Waals surface area (Å²) >= 11 is 7.10. The standard InChI is InChI=1S/C22H13ClN2O4S/c23-15-8-12-18(13-9-15)30-20-19(14-6-10-17(11-7-14)25(28)29)21(26)24(22(20)27)16-4-2-1-3-5-16/h1-13H. The summed E-state index contributed by atoms with van der Waals surface area (Å²) in [6.45, 7) is 0. The van der Waals surface area contributed by atoms with E-state index in [2.05, 4.69) is 0 Å². The molecular formula is C22H13ClN2O4S. The van der Waals surface area contributed by atoms with Crippen molar-refractivity contribution in [3.8, 4) is 0 Å². The van der Waals surface area contributed by atoms with E-state index in [0.29, 0.717) is 16.3 Å². The molecule has 3 aromatic carbocycles. The smallest absolute Gasteiger partial charge is 0.268 e. The monoisotopic (exact) mass is 436 g/mol. The summed E-state index contributed by atoms with van der Waals surface area (Å²) in [5.41, 5.74) is 1.01. The minimum atomic E-state index is -0.514. The molecule has 0 fully saturated rings. The molecule has 148 valence electrons. The Kier molecular flexibility index (Phi) is 5.39. The first kappa shape index (κ1) is 19.9. The first-order valence-electron chi connectivity index (χ1n) is 8.82. The molecule has 0 bridgehead atoms. The van der Waals surface area contributed by atoms with Crippen molar-refractivity contribution in [2.45, 2.75) is 4.90 Å². The zero-order valence-corrected chi connectivity index (χ0v) is 16.9. The van der Waals surface area contributed by atoms with Crippen molar-refractivity contribution in [1.29, 1.82) is 0 Å². The lowest BCUT2D eigenvalue weighted by Crippen LogP contribution is -2.31. The van der Waals surface area contributed by atoms with Crippen LogP contribution in [0.4, 0.5) is 11.4 Å². The maximum Gasteiger partial charge on any atom is 0.272 e. The van der Waals surface area contributed by atoms with Crippen LogP contribution in [0.15, 0.2) is 88.7 Å². The highest BCUT2D eigenvalue weighted by Gasteiger charge is 2.40. The van der Waals surface area contributed by atoms with E-state index >= 15 is 0 Å². The lowest BCUT2D eigenvalue weighted by Gasteiger charge is -2.14. The summed E-state index contributed by atoms with van der Waals surface area (Å²) in [7, 11) is 0. The average Bonchev–Trinajstić information content (AvgIpc) is 3.00. The van der Waals surface area contributed by atoms with Crippen LogP contribution in [-0.4, -0.2) is 16.7 Å². The Labute approximate surface area is 180 Å². The predicted molar refractivity (Wildman–Crippen MR) is 116 cm³/mol. The molecule has 0 radical (unpaired) electrons. The molecule has 0 aromatic heterocycles. The molecule has 0 spiro atoms. The summed E-state index contributed by atoms with van der Waals surface area (Å²) < 4.78 is 0. The predicted octanol–water partition coefficient (Wildman–Crippen LogP) is 5.33. The molecule has 0 atom stereocenters. The Morgan fingerprint density at radius 3 is 2.07 bits per heavy atom. The van der Waals surface area contributed by atoms with Gasteiger partial charge in [0.1, 0.15) is 0 Å². The molecule has 4 rings (SSSR count). The SMILES string of the molecule is O=C1C(Sc2ccc(Cl)cc2)=C(c2ccc([N+](=O)[O-])cc2)C(=O)N1c1ccccc1.